The van der Waals surface area contributed by atoms with Crippen molar-refractivity contribution in [3.8, 4) is 0 Å². The summed E-state index contributed by atoms with van der Waals surface area (Å²) in [6, 6.07) is 5.37. The van der Waals surface area contributed by atoms with Crippen LogP contribution < -0.4 is 16.6 Å². The van der Waals surface area contributed by atoms with Gasteiger partial charge in [0.15, 0.2) is 5.82 Å². The van der Waals surface area contributed by atoms with Gasteiger partial charge in [-0.15, -0.1) is 10.2 Å². The minimum Gasteiger partial charge on any atom is -0.345 e. The maximum Gasteiger partial charge on any atom is 0.253 e. The fourth-order valence-corrected chi connectivity index (χ4v) is 1.48. The zero-order valence-electron chi connectivity index (χ0n) is 9.77. The first-order valence-electron chi connectivity index (χ1n) is 5.28. The topological polar surface area (TPSA) is 122 Å². The van der Waals surface area contributed by atoms with Gasteiger partial charge in [-0.2, -0.15) is 5.21 Å². The number of anilines is 1. The molecule has 0 saturated carbocycles. The lowest BCUT2D eigenvalue weighted by atomic mass is 10.1. The van der Waals surface area contributed by atoms with E-state index in [1.165, 1.54) is 0 Å². The SMILES string of the molecule is Cc1ccc(NN)c(C(=O)NCc2nn[nH]n2)c1. The van der Waals surface area contributed by atoms with Crippen LogP contribution in [0.4, 0.5) is 5.69 Å². The summed E-state index contributed by atoms with van der Waals surface area (Å²) in [5.41, 5.74) is 4.49. The molecule has 1 aromatic carbocycles. The van der Waals surface area contributed by atoms with E-state index in [9.17, 15) is 4.79 Å². The Balaban J connectivity index is 2.10. The number of hydrogen-bond acceptors (Lipinski definition) is 6. The standard InChI is InChI=1S/C10H13N7O/c1-6-2-3-8(13-11)7(4-6)10(18)12-5-9-14-16-17-15-9/h2-4,13H,5,11H2,1H3,(H,12,18)(H,14,15,16,17). The average Bonchev–Trinajstić information content (AvgIpc) is 2.89. The molecule has 0 unspecified atom stereocenters. The number of hydrogen-bond donors (Lipinski definition) is 4. The first kappa shape index (κ1) is 12.0. The molecule has 0 bridgehead atoms. The van der Waals surface area contributed by atoms with Crippen molar-refractivity contribution in [2.75, 3.05) is 5.43 Å². The van der Waals surface area contributed by atoms with E-state index in [1.54, 1.807) is 12.1 Å². The average molecular weight is 247 g/mol. The number of H-pyrrole nitrogens is 1. The molecule has 0 aliphatic carbocycles. The molecular formula is C10H13N7O. The van der Waals surface area contributed by atoms with Crippen LogP contribution in [0.25, 0.3) is 0 Å². The van der Waals surface area contributed by atoms with E-state index < -0.39 is 0 Å². The fraction of sp³-hybridized carbons (Fsp3) is 0.200. The highest BCUT2D eigenvalue weighted by Gasteiger charge is 2.11. The van der Waals surface area contributed by atoms with Crippen molar-refractivity contribution in [1.29, 1.82) is 0 Å². The van der Waals surface area contributed by atoms with Crippen molar-refractivity contribution >= 4 is 11.6 Å². The number of carbonyl (C=O) groups is 1. The fourth-order valence-electron chi connectivity index (χ4n) is 1.48. The predicted molar refractivity (Wildman–Crippen MR) is 64.3 cm³/mol. The number of hydrazine groups is 1. The number of aromatic amines is 1. The Hall–Kier alpha value is -2.48. The van der Waals surface area contributed by atoms with E-state index in [2.05, 4.69) is 31.4 Å². The Kier molecular flexibility index (Phi) is 3.49. The largest absolute Gasteiger partial charge is 0.345 e. The summed E-state index contributed by atoms with van der Waals surface area (Å²) in [5, 5.41) is 15.9. The summed E-state index contributed by atoms with van der Waals surface area (Å²) in [4.78, 5) is 12.0. The maximum atomic E-state index is 12.0. The summed E-state index contributed by atoms with van der Waals surface area (Å²) in [6.45, 7) is 2.10. The van der Waals surface area contributed by atoms with Gasteiger partial charge in [0.1, 0.15) is 0 Å². The quantitative estimate of drug-likeness (QED) is 0.435. The lowest BCUT2D eigenvalue weighted by Gasteiger charge is -2.09. The van der Waals surface area contributed by atoms with Gasteiger partial charge in [-0.05, 0) is 19.1 Å². The minimum atomic E-state index is -0.253. The number of amides is 1. The molecule has 1 heterocycles. The molecule has 1 aromatic heterocycles. The highest BCUT2D eigenvalue weighted by atomic mass is 16.1. The van der Waals surface area contributed by atoms with Crippen molar-refractivity contribution in [3.05, 3.63) is 35.2 Å². The van der Waals surface area contributed by atoms with Gasteiger partial charge in [-0.25, -0.2) is 0 Å². The highest BCUT2D eigenvalue weighted by molar-refractivity contribution is 5.99. The Morgan fingerprint density at radius 3 is 3.00 bits per heavy atom. The molecule has 8 nitrogen and oxygen atoms in total. The minimum absolute atomic E-state index is 0.202. The van der Waals surface area contributed by atoms with Crippen LogP contribution in [0.15, 0.2) is 18.2 Å². The second-order valence-electron chi connectivity index (χ2n) is 3.70. The number of tetrazole rings is 1. The van der Waals surface area contributed by atoms with Crippen molar-refractivity contribution in [2.24, 2.45) is 5.84 Å². The molecule has 94 valence electrons. The number of carbonyl (C=O) groups excluding carboxylic acids is 1. The molecular weight excluding hydrogens is 234 g/mol. The van der Waals surface area contributed by atoms with Gasteiger partial charge < -0.3 is 10.7 Å². The summed E-state index contributed by atoms with van der Waals surface area (Å²) in [6.07, 6.45) is 0. The Bertz CT molecular complexity index is 537. The van der Waals surface area contributed by atoms with Crippen LogP contribution >= 0.6 is 0 Å². The van der Waals surface area contributed by atoms with Crippen molar-refractivity contribution < 1.29 is 4.79 Å². The summed E-state index contributed by atoms with van der Waals surface area (Å²) < 4.78 is 0. The molecule has 1 amide bonds. The first-order valence-corrected chi connectivity index (χ1v) is 5.28. The van der Waals surface area contributed by atoms with Crippen molar-refractivity contribution in [1.82, 2.24) is 25.9 Å². The predicted octanol–water partition coefficient (Wildman–Crippen LogP) is -0.276. The van der Waals surface area contributed by atoms with E-state index in [1.807, 2.05) is 13.0 Å². The van der Waals surface area contributed by atoms with Crippen LogP contribution in [0, 0.1) is 6.92 Å². The lowest BCUT2D eigenvalue weighted by molar-refractivity contribution is 0.0950. The van der Waals surface area contributed by atoms with Crippen LogP contribution in [0.3, 0.4) is 0 Å². The number of nitrogen functional groups attached to an aromatic ring is 1. The van der Waals surface area contributed by atoms with Gasteiger partial charge in [-0.3, -0.25) is 10.6 Å². The lowest BCUT2D eigenvalue weighted by Crippen LogP contribution is -2.25. The summed E-state index contributed by atoms with van der Waals surface area (Å²) in [7, 11) is 0. The number of aryl methyl sites for hydroxylation is 1. The second kappa shape index (κ2) is 5.23. The van der Waals surface area contributed by atoms with Gasteiger partial charge in [0.25, 0.3) is 5.91 Å². The van der Waals surface area contributed by atoms with Crippen LogP contribution in [0.5, 0.6) is 0 Å². The van der Waals surface area contributed by atoms with Crippen molar-refractivity contribution in [3.63, 3.8) is 0 Å². The number of benzene rings is 1. The van der Waals surface area contributed by atoms with E-state index in [-0.39, 0.29) is 12.5 Å². The zero-order valence-corrected chi connectivity index (χ0v) is 9.77. The van der Waals surface area contributed by atoms with E-state index in [0.29, 0.717) is 17.1 Å². The third-order valence-corrected chi connectivity index (χ3v) is 2.37. The molecule has 0 fully saturated rings. The monoisotopic (exact) mass is 247 g/mol. The van der Waals surface area contributed by atoms with Crippen LogP contribution in [-0.2, 0) is 6.54 Å². The summed E-state index contributed by atoms with van der Waals surface area (Å²) >= 11 is 0. The Morgan fingerprint density at radius 1 is 1.50 bits per heavy atom. The zero-order chi connectivity index (χ0) is 13.0. The molecule has 2 aromatic rings. The van der Waals surface area contributed by atoms with E-state index >= 15 is 0 Å². The molecule has 0 spiro atoms. The molecule has 0 aliphatic heterocycles. The number of nitrogens with two attached hydrogens (primary N) is 1. The molecule has 2 rings (SSSR count). The third-order valence-electron chi connectivity index (χ3n) is 2.37. The van der Waals surface area contributed by atoms with Gasteiger partial charge >= 0.3 is 0 Å². The van der Waals surface area contributed by atoms with Crippen LogP contribution in [-0.4, -0.2) is 26.5 Å². The van der Waals surface area contributed by atoms with Gasteiger partial charge in [-0.1, -0.05) is 16.8 Å². The summed E-state index contributed by atoms with van der Waals surface area (Å²) in [5.74, 6) is 5.52. The third kappa shape index (κ3) is 2.61. The van der Waals surface area contributed by atoms with Gasteiger partial charge in [0, 0.05) is 0 Å². The van der Waals surface area contributed by atoms with Crippen molar-refractivity contribution in [2.45, 2.75) is 13.5 Å². The molecule has 0 aliphatic rings. The van der Waals surface area contributed by atoms with E-state index in [4.69, 9.17) is 5.84 Å². The smallest absolute Gasteiger partial charge is 0.253 e. The molecule has 18 heavy (non-hydrogen) atoms. The number of rotatable bonds is 4. The molecule has 5 N–H and O–H groups in total. The number of aromatic nitrogens is 4. The van der Waals surface area contributed by atoms with Gasteiger partial charge in [0.05, 0.1) is 17.8 Å². The number of nitrogens with zero attached hydrogens (tertiary/aromatic N) is 3. The maximum absolute atomic E-state index is 12.0. The second-order valence-corrected chi connectivity index (χ2v) is 3.70. The first-order chi connectivity index (χ1) is 8.70. The Morgan fingerprint density at radius 2 is 2.33 bits per heavy atom. The normalized spacial score (nSPS) is 10.1. The Labute approximate surface area is 103 Å². The van der Waals surface area contributed by atoms with E-state index in [0.717, 1.165) is 5.56 Å². The molecule has 0 atom stereocenters. The molecule has 0 saturated heterocycles. The highest BCUT2D eigenvalue weighted by Crippen LogP contribution is 2.16. The molecule has 8 heteroatoms. The molecule has 0 radical (unpaired) electrons. The van der Waals surface area contributed by atoms with Crippen LogP contribution in [0.1, 0.15) is 21.7 Å². The van der Waals surface area contributed by atoms with Crippen LogP contribution in [0.2, 0.25) is 0 Å². The number of nitrogens with one attached hydrogen (secondary N) is 3. The van der Waals surface area contributed by atoms with Gasteiger partial charge in [0.2, 0.25) is 0 Å².